The highest BCUT2D eigenvalue weighted by atomic mass is 16.1. The second kappa shape index (κ2) is 4.51. The average molecular weight is 309 g/mol. The summed E-state index contributed by atoms with van der Waals surface area (Å²) in [5.74, 6) is 0.104. The molecule has 0 amide bonds. The third-order valence-electron chi connectivity index (χ3n) is 4.98. The van der Waals surface area contributed by atoms with Crippen LogP contribution in [0.3, 0.4) is 0 Å². The van der Waals surface area contributed by atoms with E-state index in [9.17, 15) is 4.79 Å². The van der Waals surface area contributed by atoms with Gasteiger partial charge in [0.1, 0.15) is 0 Å². The number of aromatic nitrogens is 1. The van der Waals surface area contributed by atoms with Gasteiger partial charge in [0.25, 0.3) is 0 Å². The minimum absolute atomic E-state index is 0.104. The summed E-state index contributed by atoms with van der Waals surface area (Å²) in [6.07, 6.45) is 0. The molecule has 1 aromatic heterocycles. The van der Waals surface area contributed by atoms with Crippen LogP contribution in [0.1, 0.15) is 27.3 Å². The molecular formula is C22H15NO. The normalized spacial score (nSPS) is 12.7. The van der Waals surface area contributed by atoms with Crippen molar-refractivity contribution >= 4 is 27.3 Å². The summed E-state index contributed by atoms with van der Waals surface area (Å²) in [5, 5.41) is 4.50. The summed E-state index contributed by atoms with van der Waals surface area (Å²) >= 11 is 0. The van der Waals surface area contributed by atoms with E-state index in [4.69, 9.17) is 0 Å². The Bertz CT molecular complexity index is 1190. The largest absolute Gasteiger partial charge is 0.288 e. The Labute approximate surface area is 139 Å². The van der Waals surface area contributed by atoms with Crippen molar-refractivity contribution in [2.24, 2.45) is 0 Å². The first-order valence-corrected chi connectivity index (χ1v) is 8.13. The van der Waals surface area contributed by atoms with Gasteiger partial charge < -0.3 is 0 Å². The van der Waals surface area contributed by atoms with Crippen molar-refractivity contribution in [3.63, 3.8) is 0 Å². The maximum absolute atomic E-state index is 13.2. The molecule has 2 nitrogen and oxygen atoms in total. The van der Waals surface area contributed by atoms with E-state index in [2.05, 4.69) is 35.3 Å². The monoisotopic (exact) mass is 309 g/mol. The van der Waals surface area contributed by atoms with Crippen LogP contribution in [0.25, 0.3) is 32.7 Å². The van der Waals surface area contributed by atoms with Crippen molar-refractivity contribution in [1.29, 1.82) is 0 Å². The Morgan fingerprint density at radius 1 is 0.708 bits per heavy atom. The van der Waals surface area contributed by atoms with E-state index in [1.54, 1.807) is 0 Å². The molecule has 0 unspecified atom stereocenters. The first kappa shape index (κ1) is 13.4. The predicted molar refractivity (Wildman–Crippen MR) is 97.6 cm³/mol. The van der Waals surface area contributed by atoms with Crippen molar-refractivity contribution in [3.8, 4) is 11.1 Å². The van der Waals surface area contributed by atoms with E-state index in [0.29, 0.717) is 0 Å². The zero-order valence-electron chi connectivity index (χ0n) is 13.6. The molecule has 1 heterocycles. The van der Waals surface area contributed by atoms with Gasteiger partial charge in [0.15, 0.2) is 5.78 Å². The summed E-state index contributed by atoms with van der Waals surface area (Å²) in [5.41, 5.74) is 5.45. The van der Waals surface area contributed by atoms with Crippen molar-refractivity contribution < 1.29 is 4.79 Å². The number of benzene rings is 3. The molecule has 3 aromatic carbocycles. The zero-order valence-corrected chi connectivity index (χ0v) is 13.6. The standard InChI is InChI=1S/C22H15NO/c1-12-11-18-19(13(2)23-12)22(24)21-17-10-6-4-8-15(17)14-7-3-5-9-16(14)20(18)21/h3-11H,1-2H3. The molecule has 0 radical (unpaired) electrons. The lowest BCUT2D eigenvalue weighted by Gasteiger charge is -2.11. The summed E-state index contributed by atoms with van der Waals surface area (Å²) in [7, 11) is 0. The molecule has 24 heavy (non-hydrogen) atoms. The molecule has 0 saturated heterocycles. The number of rotatable bonds is 0. The lowest BCUT2D eigenvalue weighted by molar-refractivity contribution is 0.104. The number of aryl methyl sites for hydroxylation is 2. The van der Waals surface area contributed by atoms with Crippen LogP contribution in [0, 0.1) is 13.8 Å². The molecule has 0 bridgehead atoms. The maximum atomic E-state index is 13.2. The highest BCUT2D eigenvalue weighted by Crippen LogP contribution is 2.46. The van der Waals surface area contributed by atoms with Gasteiger partial charge in [-0.25, -0.2) is 0 Å². The second-order valence-corrected chi connectivity index (χ2v) is 6.44. The average Bonchev–Trinajstić information content (AvgIpc) is 2.88. The zero-order chi connectivity index (χ0) is 16.4. The number of ketones is 1. The SMILES string of the molecule is Cc1cc2c(c(C)n1)C(=O)c1c-2c2ccccc2c2ccccc12. The van der Waals surface area contributed by atoms with E-state index in [1.807, 2.05) is 38.1 Å². The van der Waals surface area contributed by atoms with Gasteiger partial charge in [0.2, 0.25) is 0 Å². The fraction of sp³-hybridized carbons (Fsp3) is 0.0909. The Morgan fingerprint density at radius 2 is 1.25 bits per heavy atom. The smallest absolute Gasteiger partial charge is 0.196 e. The maximum Gasteiger partial charge on any atom is 0.196 e. The van der Waals surface area contributed by atoms with Gasteiger partial charge in [-0.05, 0) is 47.0 Å². The molecule has 5 rings (SSSR count). The van der Waals surface area contributed by atoms with Crippen molar-refractivity contribution in [2.75, 3.05) is 0 Å². The summed E-state index contributed by atoms with van der Waals surface area (Å²) in [4.78, 5) is 17.8. The molecule has 4 aromatic rings. The van der Waals surface area contributed by atoms with Crippen LogP contribution in [0.2, 0.25) is 0 Å². The van der Waals surface area contributed by atoms with Crippen LogP contribution in [0.5, 0.6) is 0 Å². The fourth-order valence-corrected chi connectivity index (χ4v) is 4.09. The molecule has 0 fully saturated rings. The Balaban J connectivity index is 2.10. The van der Waals surface area contributed by atoms with Crippen LogP contribution in [-0.2, 0) is 0 Å². The molecule has 1 aliphatic carbocycles. The minimum Gasteiger partial charge on any atom is -0.288 e. The van der Waals surface area contributed by atoms with E-state index in [0.717, 1.165) is 49.8 Å². The molecule has 0 atom stereocenters. The predicted octanol–water partition coefficient (Wildman–Crippen LogP) is 5.22. The molecule has 114 valence electrons. The molecule has 0 aliphatic heterocycles. The van der Waals surface area contributed by atoms with E-state index < -0.39 is 0 Å². The number of fused-ring (bicyclic) bond motifs is 8. The van der Waals surface area contributed by atoms with Gasteiger partial charge in [-0.1, -0.05) is 48.5 Å². The van der Waals surface area contributed by atoms with Gasteiger partial charge in [0, 0.05) is 22.5 Å². The van der Waals surface area contributed by atoms with E-state index >= 15 is 0 Å². The number of hydrogen-bond acceptors (Lipinski definition) is 2. The lowest BCUT2D eigenvalue weighted by atomic mass is 9.91. The molecule has 0 N–H and O–H groups in total. The molecular weight excluding hydrogens is 294 g/mol. The van der Waals surface area contributed by atoms with Gasteiger partial charge in [-0.2, -0.15) is 0 Å². The van der Waals surface area contributed by atoms with Crippen LogP contribution in [-0.4, -0.2) is 10.8 Å². The minimum atomic E-state index is 0.104. The highest BCUT2D eigenvalue weighted by molar-refractivity contribution is 6.34. The number of nitrogens with zero attached hydrogens (tertiary/aromatic N) is 1. The highest BCUT2D eigenvalue weighted by Gasteiger charge is 2.32. The van der Waals surface area contributed by atoms with Crippen LogP contribution in [0.15, 0.2) is 54.6 Å². The number of hydrogen-bond donors (Lipinski definition) is 0. The molecule has 0 spiro atoms. The third-order valence-corrected chi connectivity index (χ3v) is 4.98. The first-order chi connectivity index (χ1) is 11.7. The van der Waals surface area contributed by atoms with Crippen LogP contribution < -0.4 is 0 Å². The quantitative estimate of drug-likeness (QED) is 0.367. The van der Waals surface area contributed by atoms with Gasteiger partial charge in [0.05, 0.1) is 5.56 Å². The second-order valence-electron chi connectivity index (χ2n) is 6.44. The number of carbonyl (C=O) groups excluding carboxylic acids is 1. The van der Waals surface area contributed by atoms with Crippen molar-refractivity contribution in [3.05, 3.63) is 77.1 Å². The fourth-order valence-electron chi connectivity index (χ4n) is 4.09. The lowest BCUT2D eigenvalue weighted by Crippen LogP contribution is -2.01. The van der Waals surface area contributed by atoms with Crippen LogP contribution in [0.4, 0.5) is 0 Å². The first-order valence-electron chi connectivity index (χ1n) is 8.13. The summed E-state index contributed by atoms with van der Waals surface area (Å²) in [6, 6.07) is 18.6. The number of carbonyl (C=O) groups is 1. The third kappa shape index (κ3) is 1.55. The van der Waals surface area contributed by atoms with Gasteiger partial charge in [-0.15, -0.1) is 0 Å². The topological polar surface area (TPSA) is 30.0 Å². The van der Waals surface area contributed by atoms with Crippen molar-refractivity contribution in [2.45, 2.75) is 13.8 Å². The Hall–Kier alpha value is -3.00. The molecule has 0 saturated carbocycles. The number of pyridine rings is 1. The Morgan fingerprint density at radius 3 is 1.88 bits per heavy atom. The van der Waals surface area contributed by atoms with Gasteiger partial charge in [-0.3, -0.25) is 9.78 Å². The van der Waals surface area contributed by atoms with E-state index in [-0.39, 0.29) is 5.78 Å². The molecule has 1 aliphatic rings. The van der Waals surface area contributed by atoms with Gasteiger partial charge >= 0.3 is 0 Å². The summed E-state index contributed by atoms with van der Waals surface area (Å²) in [6.45, 7) is 3.92. The molecule has 2 heteroatoms. The van der Waals surface area contributed by atoms with Crippen LogP contribution >= 0.6 is 0 Å². The summed E-state index contributed by atoms with van der Waals surface area (Å²) < 4.78 is 0. The van der Waals surface area contributed by atoms with Crippen molar-refractivity contribution in [1.82, 2.24) is 4.98 Å². The Kier molecular flexibility index (Phi) is 2.53. The van der Waals surface area contributed by atoms with E-state index in [1.165, 1.54) is 5.39 Å².